The average Bonchev–Trinajstić information content (AvgIpc) is 2.58. The van der Waals surface area contributed by atoms with E-state index in [2.05, 4.69) is 5.32 Å². The number of halogens is 1. The number of rotatable bonds is 4. The molecule has 2 aromatic rings. The number of hydrogen-bond acceptors (Lipinski definition) is 3. The minimum atomic E-state index is -0.431. The molecular weight excluding hydrogens is 326 g/mol. The van der Waals surface area contributed by atoms with Gasteiger partial charge in [0, 0.05) is 10.6 Å². The molecule has 0 unspecified atom stereocenters. The molecule has 1 aliphatic heterocycles. The van der Waals surface area contributed by atoms with E-state index in [1.54, 1.807) is 0 Å². The fourth-order valence-corrected chi connectivity index (χ4v) is 2.77. The Morgan fingerprint density at radius 3 is 2.54 bits per heavy atom. The largest absolute Gasteiger partial charge is 0.348 e. The molecule has 0 radical (unpaired) electrons. The predicted molar refractivity (Wildman–Crippen MR) is 92.8 cm³/mol. The fraction of sp³-hybridized carbons (Fsp3) is 0.316. The number of amides is 1. The van der Waals surface area contributed by atoms with Crippen molar-refractivity contribution >= 4 is 17.5 Å². The summed E-state index contributed by atoms with van der Waals surface area (Å²) in [7, 11) is 0. The van der Waals surface area contributed by atoms with Crippen LogP contribution in [-0.2, 0) is 20.7 Å². The van der Waals surface area contributed by atoms with Gasteiger partial charge in [-0.1, -0.05) is 54.1 Å². The highest BCUT2D eigenvalue weighted by molar-refractivity contribution is 6.30. The predicted octanol–water partition coefficient (Wildman–Crippen LogP) is 3.50. The van der Waals surface area contributed by atoms with Crippen molar-refractivity contribution in [3.8, 4) is 0 Å². The van der Waals surface area contributed by atoms with Gasteiger partial charge in [-0.25, -0.2) is 0 Å². The second kappa shape index (κ2) is 7.79. The van der Waals surface area contributed by atoms with Crippen LogP contribution < -0.4 is 5.32 Å². The van der Waals surface area contributed by atoms with Crippen LogP contribution >= 0.6 is 11.6 Å². The Morgan fingerprint density at radius 1 is 1.17 bits per heavy atom. The molecule has 5 heteroatoms. The molecule has 1 N–H and O–H groups in total. The summed E-state index contributed by atoms with van der Waals surface area (Å²) in [4.78, 5) is 12.2. The first kappa shape index (κ1) is 17.0. The molecule has 1 amide bonds. The molecule has 24 heavy (non-hydrogen) atoms. The Labute approximate surface area is 146 Å². The van der Waals surface area contributed by atoms with Gasteiger partial charge in [-0.3, -0.25) is 4.79 Å². The molecule has 1 saturated heterocycles. The van der Waals surface area contributed by atoms with Crippen molar-refractivity contribution < 1.29 is 14.3 Å². The lowest BCUT2D eigenvalue weighted by atomic mass is 10.1. The van der Waals surface area contributed by atoms with E-state index in [9.17, 15) is 4.79 Å². The molecule has 0 saturated carbocycles. The molecule has 4 nitrogen and oxygen atoms in total. The molecule has 3 rings (SSSR count). The third-order valence-corrected chi connectivity index (χ3v) is 4.28. The Balaban J connectivity index is 1.54. The maximum atomic E-state index is 12.2. The van der Waals surface area contributed by atoms with Gasteiger partial charge in [0.05, 0.1) is 25.2 Å². The van der Waals surface area contributed by atoms with E-state index in [0.29, 0.717) is 18.1 Å². The molecule has 0 aliphatic carbocycles. The molecule has 0 bridgehead atoms. The molecule has 0 spiro atoms. The zero-order chi connectivity index (χ0) is 16.9. The van der Waals surface area contributed by atoms with E-state index >= 15 is 0 Å². The fourth-order valence-electron chi connectivity index (χ4n) is 2.65. The van der Waals surface area contributed by atoms with Gasteiger partial charge in [0.25, 0.3) is 0 Å². The summed E-state index contributed by atoms with van der Waals surface area (Å²) in [5, 5.41) is 3.66. The van der Waals surface area contributed by atoms with Gasteiger partial charge in [-0.15, -0.1) is 0 Å². The highest BCUT2D eigenvalue weighted by atomic mass is 35.5. The van der Waals surface area contributed by atoms with Gasteiger partial charge < -0.3 is 14.8 Å². The summed E-state index contributed by atoms with van der Waals surface area (Å²) < 4.78 is 11.7. The van der Waals surface area contributed by atoms with Gasteiger partial charge in [-0.05, 0) is 24.6 Å². The normalized spacial score (nSPS) is 23.7. The molecule has 2 aromatic carbocycles. The lowest BCUT2D eigenvalue weighted by molar-refractivity contribution is -0.224. The number of ether oxygens (including phenoxy) is 2. The van der Waals surface area contributed by atoms with E-state index in [-0.39, 0.29) is 18.1 Å². The Morgan fingerprint density at radius 2 is 1.88 bits per heavy atom. The third-order valence-electron chi connectivity index (χ3n) is 4.03. The van der Waals surface area contributed by atoms with Crippen LogP contribution in [0.15, 0.2) is 54.6 Å². The van der Waals surface area contributed by atoms with Crippen LogP contribution in [0.4, 0.5) is 0 Å². The number of nitrogens with one attached hydrogen (secondary N) is 1. The van der Waals surface area contributed by atoms with Crippen LogP contribution in [0.25, 0.3) is 0 Å². The van der Waals surface area contributed by atoms with Gasteiger partial charge in [0.1, 0.15) is 0 Å². The summed E-state index contributed by atoms with van der Waals surface area (Å²) in [6.07, 6.45) is -0.219. The molecule has 1 aliphatic rings. The van der Waals surface area contributed by atoms with Crippen LogP contribution in [-0.4, -0.2) is 24.7 Å². The number of benzene rings is 2. The third kappa shape index (κ3) is 4.35. The summed E-state index contributed by atoms with van der Waals surface area (Å²) in [5.74, 6) is -0.0322. The topological polar surface area (TPSA) is 47.6 Å². The maximum Gasteiger partial charge on any atom is 0.224 e. The maximum absolute atomic E-state index is 12.2. The van der Waals surface area contributed by atoms with Crippen molar-refractivity contribution in [2.24, 2.45) is 0 Å². The number of hydrogen-bond donors (Lipinski definition) is 1. The SMILES string of the molecule is C[C@@H]1O[C@H](c2ccc(Cl)cc2)OC[C@H]1NC(=O)Cc1ccccc1. The highest BCUT2D eigenvalue weighted by Crippen LogP contribution is 2.27. The van der Waals surface area contributed by atoms with Crippen molar-refractivity contribution in [1.82, 2.24) is 5.32 Å². The van der Waals surface area contributed by atoms with E-state index in [1.807, 2.05) is 61.5 Å². The second-order valence-electron chi connectivity index (χ2n) is 5.89. The van der Waals surface area contributed by atoms with Gasteiger partial charge in [0.2, 0.25) is 5.91 Å². The number of carbonyl (C=O) groups is 1. The lowest BCUT2D eigenvalue weighted by Gasteiger charge is -2.35. The van der Waals surface area contributed by atoms with E-state index in [4.69, 9.17) is 21.1 Å². The smallest absolute Gasteiger partial charge is 0.224 e. The Bertz CT molecular complexity index is 675. The number of carbonyl (C=O) groups excluding carboxylic acids is 1. The molecule has 1 heterocycles. The summed E-state index contributed by atoms with van der Waals surface area (Å²) in [5.41, 5.74) is 1.90. The van der Waals surface area contributed by atoms with Crippen LogP contribution in [0.1, 0.15) is 24.3 Å². The monoisotopic (exact) mass is 345 g/mol. The first-order valence-electron chi connectivity index (χ1n) is 7.97. The van der Waals surface area contributed by atoms with E-state index in [1.165, 1.54) is 0 Å². The summed E-state index contributed by atoms with van der Waals surface area (Å²) in [6, 6.07) is 16.9. The van der Waals surface area contributed by atoms with Crippen molar-refractivity contribution in [3.63, 3.8) is 0 Å². The van der Waals surface area contributed by atoms with Crippen LogP contribution in [0, 0.1) is 0 Å². The molecule has 1 fully saturated rings. The quantitative estimate of drug-likeness (QED) is 0.922. The van der Waals surface area contributed by atoms with Crippen molar-refractivity contribution in [3.05, 3.63) is 70.7 Å². The van der Waals surface area contributed by atoms with Crippen molar-refractivity contribution in [2.45, 2.75) is 31.8 Å². The molecule has 0 aromatic heterocycles. The molecule has 3 atom stereocenters. The zero-order valence-electron chi connectivity index (χ0n) is 13.4. The molecule has 126 valence electrons. The standard InChI is InChI=1S/C19H20ClNO3/c1-13-17(21-18(22)11-14-5-3-2-4-6-14)12-23-19(24-13)15-7-9-16(20)10-8-15/h2-10,13,17,19H,11-12H2,1H3,(H,21,22)/t13-,17+,19+/m0/s1. The van der Waals surface area contributed by atoms with Crippen molar-refractivity contribution in [2.75, 3.05) is 6.61 Å². The van der Waals surface area contributed by atoms with E-state index < -0.39 is 6.29 Å². The van der Waals surface area contributed by atoms with Gasteiger partial charge in [0.15, 0.2) is 6.29 Å². The van der Waals surface area contributed by atoms with E-state index in [0.717, 1.165) is 11.1 Å². The van der Waals surface area contributed by atoms with Gasteiger partial charge in [-0.2, -0.15) is 0 Å². The Hall–Kier alpha value is -1.88. The summed E-state index contributed by atoms with van der Waals surface area (Å²) in [6.45, 7) is 2.36. The first-order chi connectivity index (χ1) is 11.6. The molecular formula is C19H20ClNO3. The zero-order valence-corrected chi connectivity index (χ0v) is 14.2. The first-order valence-corrected chi connectivity index (χ1v) is 8.35. The van der Waals surface area contributed by atoms with Crippen LogP contribution in [0.2, 0.25) is 5.02 Å². The van der Waals surface area contributed by atoms with Crippen LogP contribution in [0.5, 0.6) is 0 Å². The van der Waals surface area contributed by atoms with Crippen LogP contribution in [0.3, 0.4) is 0 Å². The Kier molecular flexibility index (Phi) is 5.51. The minimum Gasteiger partial charge on any atom is -0.348 e. The average molecular weight is 346 g/mol. The van der Waals surface area contributed by atoms with Crippen molar-refractivity contribution in [1.29, 1.82) is 0 Å². The summed E-state index contributed by atoms with van der Waals surface area (Å²) >= 11 is 5.90. The lowest BCUT2D eigenvalue weighted by Crippen LogP contribution is -2.50. The second-order valence-corrected chi connectivity index (χ2v) is 6.33. The minimum absolute atomic E-state index is 0.0322. The highest BCUT2D eigenvalue weighted by Gasteiger charge is 2.30. The van der Waals surface area contributed by atoms with Gasteiger partial charge >= 0.3 is 0 Å².